The summed E-state index contributed by atoms with van der Waals surface area (Å²) >= 11 is 0. The highest BCUT2D eigenvalue weighted by atomic mass is 16.7. The maximum Gasteiger partial charge on any atom is 0.408 e. The van der Waals surface area contributed by atoms with Crippen molar-refractivity contribution in [3.63, 3.8) is 0 Å². The van der Waals surface area contributed by atoms with Crippen molar-refractivity contribution < 1.29 is 61.9 Å². The Morgan fingerprint density at radius 2 is 1.47 bits per heavy atom. The SMILES string of the molecule is CC(=O)NC1[C@H](O[C@H](C)[C@H](NC(=O)OC(C)(C)C)C(=O)OCc2ccccc2)OC(COC(C)=O)[C@H](OC(C)=O)[C@@H]1OC(C)=O. The fourth-order valence-corrected chi connectivity index (χ4v) is 4.32. The van der Waals surface area contributed by atoms with Crippen LogP contribution < -0.4 is 10.6 Å². The molecule has 0 bridgehead atoms. The van der Waals surface area contributed by atoms with Crippen molar-refractivity contribution in [3.8, 4) is 0 Å². The lowest BCUT2D eigenvalue weighted by Gasteiger charge is -2.45. The molecular weight excluding hydrogens is 596 g/mol. The lowest BCUT2D eigenvalue weighted by Crippen LogP contribution is -2.67. The standard InChI is InChI=1S/C30H42N2O13/c1-16(23(32-29(38)45-30(6,7)8)27(37)40-14-21-12-10-9-11-13-21)41-28-24(31-17(2)33)26(43-20(5)36)25(42-19(4)35)22(44-28)15-39-18(3)34/h9-13,16,22-26,28H,14-15H2,1-8H3,(H,31,33)(H,32,38)/t16-,22?,23+,24?,25+,26-,28-/m1/s1. The van der Waals surface area contributed by atoms with E-state index in [1.807, 2.05) is 0 Å². The molecule has 1 aromatic rings. The molecular formula is C30H42N2O13. The van der Waals surface area contributed by atoms with Gasteiger partial charge in [-0.15, -0.1) is 0 Å². The van der Waals surface area contributed by atoms with Crippen molar-refractivity contribution in [2.75, 3.05) is 6.61 Å². The van der Waals surface area contributed by atoms with E-state index in [0.717, 1.165) is 20.8 Å². The normalized spacial score (nSPS) is 22.5. The van der Waals surface area contributed by atoms with Crippen molar-refractivity contribution in [3.05, 3.63) is 35.9 Å². The van der Waals surface area contributed by atoms with E-state index in [9.17, 15) is 28.8 Å². The number of ether oxygens (including phenoxy) is 7. The Balaban J connectivity index is 2.45. The van der Waals surface area contributed by atoms with Crippen LogP contribution in [0.2, 0.25) is 0 Å². The third-order valence-corrected chi connectivity index (χ3v) is 6.04. The second-order valence-electron chi connectivity index (χ2n) is 11.3. The molecule has 2 N–H and O–H groups in total. The summed E-state index contributed by atoms with van der Waals surface area (Å²) in [4.78, 5) is 74.0. The highest BCUT2D eigenvalue weighted by Crippen LogP contribution is 2.29. The van der Waals surface area contributed by atoms with Crippen molar-refractivity contribution in [2.24, 2.45) is 0 Å². The summed E-state index contributed by atoms with van der Waals surface area (Å²) in [5, 5.41) is 5.03. The van der Waals surface area contributed by atoms with Crippen LogP contribution in [0.15, 0.2) is 30.3 Å². The summed E-state index contributed by atoms with van der Waals surface area (Å²) in [6, 6.07) is 6.06. The Labute approximate surface area is 261 Å². The number of hydrogen-bond acceptors (Lipinski definition) is 13. The average molecular weight is 639 g/mol. The van der Waals surface area contributed by atoms with E-state index in [-0.39, 0.29) is 6.61 Å². The molecule has 0 aliphatic carbocycles. The first kappa shape index (κ1) is 36.9. The van der Waals surface area contributed by atoms with E-state index >= 15 is 0 Å². The van der Waals surface area contributed by atoms with Crippen molar-refractivity contribution in [2.45, 2.75) is 110 Å². The molecule has 1 heterocycles. The first-order valence-electron chi connectivity index (χ1n) is 14.2. The number of carbonyl (C=O) groups excluding carboxylic acids is 6. The fourth-order valence-electron chi connectivity index (χ4n) is 4.32. The maximum atomic E-state index is 13.3. The topological polar surface area (TPSA) is 191 Å². The summed E-state index contributed by atoms with van der Waals surface area (Å²) in [7, 11) is 0. The number of amides is 2. The second-order valence-corrected chi connectivity index (χ2v) is 11.3. The van der Waals surface area contributed by atoms with Gasteiger partial charge in [-0.05, 0) is 33.3 Å². The van der Waals surface area contributed by atoms with E-state index in [1.165, 1.54) is 13.8 Å². The van der Waals surface area contributed by atoms with E-state index in [2.05, 4.69) is 10.6 Å². The summed E-state index contributed by atoms with van der Waals surface area (Å²) in [6.45, 7) is 10.3. The van der Waals surface area contributed by atoms with Crippen LogP contribution in [0.25, 0.3) is 0 Å². The zero-order chi connectivity index (χ0) is 33.9. The first-order chi connectivity index (χ1) is 21.0. The molecule has 45 heavy (non-hydrogen) atoms. The average Bonchev–Trinajstić information content (AvgIpc) is 2.91. The summed E-state index contributed by atoms with van der Waals surface area (Å²) < 4.78 is 38.8. The third kappa shape index (κ3) is 12.7. The number of nitrogens with one attached hydrogen (secondary N) is 2. The summed E-state index contributed by atoms with van der Waals surface area (Å²) in [6.07, 6.45) is -7.63. The molecule has 250 valence electrons. The Morgan fingerprint density at radius 1 is 0.867 bits per heavy atom. The van der Waals surface area contributed by atoms with Gasteiger partial charge in [-0.2, -0.15) is 0 Å². The van der Waals surface area contributed by atoms with Crippen molar-refractivity contribution in [1.29, 1.82) is 0 Å². The Bertz CT molecular complexity index is 1200. The van der Waals surface area contributed by atoms with Gasteiger partial charge in [0, 0.05) is 27.7 Å². The second kappa shape index (κ2) is 16.7. The molecule has 1 aromatic carbocycles. The summed E-state index contributed by atoms with van der Waals surface area (Å²) in [5.74, 6) is -3.71. The lowest BCUT2D eigenvalue weighted by atomic mass is 9.95. The number of alkyl carbamates (subject to hydrolysis) is 1. The Hall–Kier alpha value is -4.24. The third-order valence-electron chi connectivity index (χ3n) is 6.04. The molecule has 1 aliphatic heterocycles. The predicted octanol–water partition coefficient (Wildman–Crippen LogP) is 1.68. The smallest absolute Gasteiger partial charge is 0.408 e. The van der Waals surface area contributed by atoms with E-state index in [4.69, 9.17) is 33.2 Å². The predicted molar refractivity (Wildman–Crippen MR) is 154 cm³/mol. The molecule has 1 saturated heterocycles. The van der Waals surface area contributed by atoms with E-state index in [0.29, 0.717) is 5.56 Å². The van der Waals surface area contributed by atoms with Crippen LogP contribution in [-0.2, 0) is 63.7 Å². The number of esters is 4. The highest BCUT2D eigenvalue weighted by Gasteiger charge is 2.52. The van der Waals surface area contributed by atoms with E-state index in [1.54, 1.807) is 51.1 Å². The maximum absolute atomic E-state index is 13.3. The van der Waals surface area contributed by atoms with Gasteiger partial charge in [-0.3, -0.25) is 19.2 Å². The first-order valence-corrected chi connectivity index (χ1v) is 14.2. The minimum Gasteiger partial charge on any atom is -0.463 e. The number of carbonyl (C=O) groups is 6. The molecule has 0 saturated carbocycles. The van der Waals surface area contributed by atoms with Crippen LogP contribution in [0.1, 0.15) is 61.0 Å². The lowest BCUT2D eigenvalue weighted by molar-refractivity contribution is -0.288. The molecule has 15 heteroatoms. The number of benzene rings is 1. The van der Waals surface area contributed by atoms with Crippen LogP contribution >= 0.6 is 0 Å². The van der Waals surface area contributed by atoms with Crippen LogP contribution in [0.3, 0.4) is 0 Å². The molecule has 15 nitrogen and oxygen atoms in total. The van der Waals surface area contributed by atoms with Crippen molar-refractivity contribution >= 4 is 35.9 Å². The van der Waals surface area contributed by atoms with Crippen molar-refractivity contribution in [1.82, 2.24) is 10.6 Å². The molecule has 1 aliphatic rings. The van der Waals surface area contributed by atoms with Gasteiger partial charge in [0.1, 0.15) is 31.0 Å². The zero-order valence-corrected chi connectivity index (χ0v) is 26.6. The molecule has 2 rings (SSSR count). The van der Waals surface area contributed by atoms with Crippen LogP contribution in [-0.4, -0.2) is 90.9 Å². The largest absolute Gasteiger partial charge is 0.463 e. The van der Waals surface area contributed by atoms with Gasteiger partial charge >= 0.3 is 30.0 Å². The van der Waals surface area contributed by atoms with Crippen LogP contribution in [0.4, 0.5) is 4.79 Å². The zero-order valence-electron chi connectivity index (χ0n) is 26.6. The van der Waals surface area contributed by atoms with Gasteiger partial charge in [0.2, 0.25) is 5.91 Å². The van der Waals surface area contributed by atoms with Gasteiger partial charge in [0.25, 0.3) is 0 Å². The Kier molecular flexibility index (Phi) is 13.7. The number of rotatable bonds is 12. The van der Waals surface area contributed by atoms with E-state index < -0.39 is 90.9 Å². The van der Waals surface area contributed by atoms with Crippen LogP contribution in [0, 0.1) is 0 Å². The van der Waals surface area contributed by atoms with Gasteiger partial charge in [-0.25, -0.2) is 9.59 Å². The minimum atomic E-state index is -1.49. The summed E-state index contributed by atoms with van der Waals surface area (Å²) in [5.41, 5.74) is -0.214. The molecule has 2 unspecified atom stereocenters. The molecule has 0 aromatic heterocycles. The highest BCUT2D eigenvalue weighted by molar-refractivity contribution is 5.82. The molecule has 7 atom stereocenters. The van der Waals surface area contributed by atoms with Gasteiger partial charge in [0.05, 0.1) is 6.10 Å². The Morgan fingerprint density at radius 3 is 2.00 bits per heavy atom. The molecule has 0 spiro atoms. The molecule has 1 fully saturated rings. The van der Waals surface area contributed by atoms with Gasteiger partial charge in [-0.1, -0.05) is 30.3 Å². The van der Waals surface area contributed by atoms with Crippen LogP contribution in [0.5, 0.6) is 0 Å². The molecule has 0 radical (unpaired) electrons. The minimum absolute atomic E-state index is 0.115. The quantitative estimate of drug-likeness (QED) is 0.249. The van der Waals surface area contributed by atoms with Gasteiger partial charge < -0.3 is 43.8 Å². The monoisotopic (exact) mass is 638 g/mol. The fraction of sp³-hybridized carbons (Fsp3) is 0.600. The molecule has 2 amide bonds. The number of hydrogen-bond donors (Lipinski definition) is 2. The van der Waals surface area contributed by atoms with Gasteiger partial charge in [0.15, 0.2) is 24.5 Å².